The molecule has 0 fully saturated rings. The molecule has 0 spiro atoms. The smallest absolute Gasteiger partial charge is 0.312 e. The summed E-state index contributed by atoms with van der Waals surface area (Å²) in [6.45, 7) is 0.825. The zero-order valence-corrected chi connectivity index (χ0v) is 16.5. The number of hydrogen-bond donors (Lipinski definition) is 3. The number of esters is 1. The van der Waals surface area contributed by atoms with Crippen LogP contribution in [0.15, 0.2) is 46.6 Å². The highest BCUT2D eigenvalue weighted by Gasteiger charge is 2.10. The van der Waals surface area contributed by atoms with Gasteiger partial charge in [0.1, 0.15) is 17.2 Å². The van der Waals surface area contributed by atoms with Gasteiger partial charge in [-0.15, -0.1) is 10.2 Å². The number of azo groups is 1. The molecule has 154 valence electrons. The minimum absolute atomic E-state index is 0.0970. The number of ether oxygens (including phenoxy) is 1. The van der Waals surface area contributed by atoms with Crippen molar-refractivity contribution in [2.75, 3.05) is 38.2 Å². The zero-order chi connectivity index (χ0) is 21.2. The second-order valence-corrected chi connectivity index (χ2v) is 6.38. The summed E-state index contributed by atoms with van der Waals surface area (Å²) in [6.07, 6.45) is 0.444. The third-order valence-corrected chi connectivity index (χ3v) is 3.66. The number of aromatic nitrogens is 1. The quantitative estimate of drug-likeness (QED) is 0.332. The van der Waals surface area contributed by atoms with Gasteiger partial charge in [0.25, 0.3) is 0 Å². The number of para-hydroxylation sites is 1. The van der Waals surface area contributed by atoms with Gasteiger partial charge in [0, 0.05) is 19.5 Å². The van der Waals surface area contributed by atoms with E-state index in [4.69, 9.17) is 16.2 Å². The number of pyridine rings is 1. The lowest BCUT2D eigenvalue weighted by Gasteiger charge is -2.10. The molecule has 0 saturated carbocycles. The van der Waals surface area contributed by atoms with Crippen LogP contribution in [0, 0.1) is 0 Å². The van der Waals surface area contributed by atoms with Crippen LogP contribution in [0.5, 0.6) is 5.75 Å². The van der Waals surface area contributed by atoms with E-state index in [9.17, 15) is 9.59 Å². The van der Waals surface area contributed by atoms with Gasteiger partial charge in [-0.05, 0) is 38.4 Å². The van der Waals surface area contributed by atoms with E-state index in [0.29, 0.717) is 29.5 Å². The summed E-state index contributed by atoms with van der Waals surface area (Å²) in [5.74, 6) is 0.0889. The first-order chi connectivity index (χ1) is 13.9. The van der Waals surface area contributed by atoms with Crippen molar-refractivity contribution in [3.63, 3.8) is 0 Å². The Balaban J connectivity index is 2.10. The largest absolute Gasteiger partial charge is 0.424 e. The molecule has 2 aromatic rings. The highest BCUT2D eigenvalue weighted by Crippen LogP contribution is 2.30. The predicted octanol–water partition coefficient (Wildman–Crippen LogP) is 2.22. The molecule has 29 heavy (non-hydrogen) atoms. The van der Waals surface area contributed by atoms with Gasteiger partial charge in [-0.1, -0.05) is 12.1 Å². The Hall–Kier alpha value is -3.37. The van der Waals surface area contributed by atoms with E-state index in [1.165, 1.54) is 0 Å². The Bertz CT molecular complexity index is 884. The Labute approximate surface area is 169 Å². The summed E-state index contributed by atoms with van der Waals surface area (Å²) in [7, 11) is 3.76. The van der Waals surface area contributed by atoms with Crippen molar-refractivity contribution in [3.05, 3.63) is 36.4 Å². The molecule has 2 rings (SSSR count). The fourth-order valence-electron chi connectivity index (χ4n) is 2.18. The molecule has 0 aliphatic carbocycles. The first kappa shape index (κ1) is 21.9. The van der Waals surface area contributed by atoms with E-state index < -0.39 is 0 Å². The topological polar surface area (TPSA) is 148 Å². The van der Waals surface area contributed by atoms with E-state index in [1.807, 2.05) is 19.0 Å². The fraction of sp³-hybridized carbons (Fsp3) is 0.316. The van der Waals surface area contributed by atoms with E-state index in [2.05, 4.69) is 20.5 Å². The van der Waals surface area contributed by atoms with Crippen molar-refractivity contribution in [1.29, 1.82) is 0 Å². The molecule has 0 bridgehead atoms. The van der Waals surface area contributed by atoms with Crippen LogP contribution in [-0.2, 0) is 9.59 Å². The molecule has 5 N–H and O–H groups in total. The molecule has 1 aromatic heterocycles. The Morgan fingerprint density at radius 2 is 1.83 bits per heavy atom. The molecule has 0 radical (unpaired) electrons. The van der Waals surface area contributed by atoms with Crippen LogP contribution in [0.25, 0.3) is 0 Å². The van der Waals surface area contributed by atoms with Gasteiger partial charge in [0.05, 0.1) is 6.42 Å². The number of nitrogens with one attached hydrogen (secondary N) is 1. The number of nitrogen functional groups attached to an aromatic ring is 1. The number of amides is 1. The molecule has 0 aliphatic rings. The number of rotatable bonds is 9. The summed E-state index contributed by atoms with van der Waals surface area (Å²) in [6, 6.07) is 9.94. The standard InChI is InChI=1S/C19H25N7O3/c1-26(2)12-10-18(28)29-15-6-4-3-5-13(15)24-25-14-7-8-16(23-19(14)21)22-17(27)9-11-20/h3-8H,9-12,20H2,1-2H3,(H3,21,22,23,27). The Kier molecular flexibility index (Phi) is 8.19. The van der Waals surface area contributed by atoms with Crippen LogP contribution in [0.1, 0.15) is 12.8 Å². The third kappa shape index (κ3) is 7.28. The molecule has 0 saturated heterocycles. The molecule has 1 amide bonds. The third-order valence-electron chi connectivity index (χ3n) is 3.66. The monoisotopic (exact) mass is 399 g/mol. The molecule has 0 atom stereocenters. The van der Waals surface area contributed by atoms with Gasteiger partial charge in [-0.2, -0.15) is 0 Å². The van der Waals surface area contributed by atoms with Crippen molar-refractivity contribution in [2.45, 2.75) is 12.8 Å². The van der Waals surface area contributed by atoms with Crippen molar-refractivity contribution < 1.29 is 14.3 Å². The van der Waals surface area contributed by atoms with Crippen molar-refractivity contribution in [1.82, 2.24) is 9.88 Å². The van der Waals surface area contributed by atoms with Crippen LogP contribution >= 0.6 is 0 Å². The van der Waals surface area contributed by atoms with Crippen LogP contribution in [0.4, 0.5) is 23.0 Å². The summed E-state index contributed by atoms with van der Waals surface area (Å²) in [5, 5.41) is 10.8. The maximum Gasteiger partial charge on any atom is 0.312 e. The lowest BCUT2D eigenvalue weighted by molar-refractivity contribution is -0.134. The zero-order valence-electron chi connectivity index (χ0n) is 16.5. The van der Waals surface area contributed by atoms with Gasteiger partial charge >= 0.3 is 5.97 Å². The van der Waals surface area contributed by atoms with Crippen molar-refractivity contribution >= 4 is 34.9 Å². The van der Waals surface area contributed by atoms with E-state index in [0.717, 1.165) is 0 Å². The van der Waals surface area contributed by atoms with Crippen LogP contribution in [-0.4, -0.2) is 48.9 Å². The predicted molar refractivity (Wildman–Crippen MR) is 110 cm³/mol. The summed E-state index contributed by atoms with van der Waals surface area (Å²) in [5.41, 5.74) is 11.9. The molecular formula is C19H25N7O3. The average molecular weight is 399 g/mol. The number of hydrogen-bond acceptors (Lipinski definition) is 9. The van der Waals surface area contributed by atoms with E-state index in [-0.39, 0.29) is 37.1 Å². The second-order valence-electron chi connectivity index (χ2n) is 6.38. The normalized spacial score (nSPS) is 11.0. The number of anilines is 2. The molecule has 1 aromatic carbocycles. The van der Waals surface area contributed by atoms with Crippen molar-refractivity contribution in [2.24, 2.45) is 16.0 Å². The average Bonchev–Trinajstić information content (AvgIpc) is 2.67. The Morgan fingerprint density at radius 1 is 1.10 bits per heavy atom. The van der Waals surface area contributed by atoms with Gasteiger partial charge in [-0.25, -0.2) is 4.98 Å². The van der Waals surface area contributed by atoms with E-state index >= 15 is 0 Å². The first-order valence-electron chi connectivity index (χ1n) is 9.01. The lowest BCUT2D eigenvalue weighted by atomic mass is 10.3. The molecule has 0 aliphatic heterocycles. The minimum Gasteiger partial charge on any atom is -0.424 e. The summed E-state index contributed by atoms with van der Waals surface area (Å²) < 4.78 is 5.38. The highest BCUT2D eigenvalue weighted by atomic mass is 16.5. The summed E-state index contributed by atoms with van der Waals surface area (Å²) in [4.78, 5) is 29.5. The number of carbonyl (C=O) groups excluding carboxylic acids is 2. The molecular weight excluding hydrogens is 374 g/mol. The number of nitrogens with two attached hydrogens (primary N) is 2. The second kappa shape index (κ2) is 10.8. The number of nitrogens with zero attached hydrogens (tertiary/aromatic N) is 4. The highest BCUT2D eigenvalue weighted by molar-refractivity contribution is 5.90. The summed E-state index contributed by atoms with van der Waals surface area (Å²) >= 11 is 0. The van der Waals surface area contributed by atoms with Gasteiger partial charge < -0.3 is 26.4 Å². The maximum absolute atomic E-state index is 12.0. The Morgan fingerprint density at radius 3 is 2.52 bits per heavy atom. The molecule has 10 nitrogen and oxygen atoms in total. The minimum atomic E-state index is -0.361. The lowest BCUT2D eigenvalue weighted by Crippen LogP contribution is -2.19. The number of benzene rings is 1. The van der Waals surface area contributed by atoms with Gasteiger partial charge in [-0.3, -0.25) is 9.59 Å². The fourth-order valence-corrected chi connectivity index (χ4v) is 2.18. The van der Waals surface area contributed by atoms with Crippen LogP contribution < -0.4 is 21.5 Å². The van der Waals surface area contributed by atoms with Gasteiger partial charge in [0.15, 0.2) is 11.6 Å². The van der Waals surface area contributed by atoms with Gasteiger partial charge in [0.2, 0.25) is 5.91 Å². The SMILES string of the molecule is CN(C)CCC(=O)Oc1ccccc1N=Nc1ccc(NC(=O)CCN)nc1N. The number of carbonyl (C=O) groups is 2. The van der Waals surface area contributed by atoms with Crippen LogP contribution in [0.3, 0.4) is 0 Å². The molecule has 1 heterocycles. The molecule has 10 heteroatoms. The molecule has 0 unspecified atom stereocenters. The first-order valence-corrected chi connectivity index (χ1v) is 9.01. The maximum atomic E-state index is 12.0. The van der Waals surface area contributed by atoms with E-state index in [1.54, 1.807) is 36.4 Å². The van der Waals surface area contributed by atoms with Crippen molar-refractivity contribution in [3.8, 4) is 5.75 Å². The van der Waals surface area contributed by atoms with Crippen LogP contribution in [0.2, 0.25) is 0 Å².